The van der Waals surface area contributed by atoms with E-state index in [0.29, 0.717) is 22.9 Å². The first kappa shape index (κ1) is 17.0. The highest BCUT2D eigenvalue weighted by Gasteiger charge is 2.39. The molecule has 3 rings (SSSR count). The van der Waals surface area contributed by atoms with Gasteiger partial charge in [-0.1, -0.05) is 38.1 Å². The zero-order valence-corrected chi connectivity index (χ0v) is 14.6. The molecule has 0 N–H and O–H groups in total. The van der Waals surface area contributed by atoms with Gasteiger partial charge < -0.3 is 0 Å². The van der Waals surface area contributed by atoms with Gasteiger partial charge in [0.1, 0.15) is 5.82 Å². The normalized spacial score (nSPS) is 18.7. The Morgan fingerprint density at radius 2 is 1.80 bits per heavy atom. The molecule has 1 aromatic heterocycles. The van der Waals surface area contributed by atoms with Gasteiger partial charge in [0.15, 0.2) is 0 Å². The summed E-state index contributed by atoms with van der Waals surface area (Å²) in [4.78, 5) is 35.8. The standard InChI is InChI=1S/C20H21N3O2/c1-13(2)14(3)22-12-17-15-8-4-5-9-16(15)19(24)23(20(17)25)18-10-6-7-11-21-18/h4-14,17H,1-3H3/t14-,17?/m0/s1. The number of benzene rings is 1. The zero-order valence-electron chi connectivity index (χ0n) is 14.6. The molecule has 0 fully saturated rings. The van der Waals surface area contributed by atoms with Crippen LogP contribution in [0.3, 0.4) is 0 Å². The van der Waals surface area contributed by atoms with Crippen molar-refractivity contribution in [1.82, 2.24) is 4.98 Å². The first-order valence-corrected chi connectivity index (χ1v) is 8.42. The quantitative estimate of drug-likeness (QED) is 0.635. The van der Waals surface area contributed by atoms with E-state index in [-0.39, 0.29) is 17.9 Å². The van der Waals surface area contributed by atoms with Gasteiger partial charge >= 0.3 is 0 Å². The Bertz CT molecular complexity index is 815. The van der Waals surface area contributed by atoms with Gasteiger partial charge in [-0.05, 0) is 36.6 Å². The number of aliphatic imine (C=N–C) groups is 1. The number of hydrogen-bond acceptors (Lipinski definition) is 4. The maximum absolute atomic E-state index is 13.1. The number of carbonyl (C=O) groups is 2. The van der Waals surface area contributed by atoms with Crippen LogP contribution in [0.15, 0.2) is 53.7 Å². The number of hydrogen-bond donors (Lipinski definition) is 0. The van der Waals surface area contributed by atoms with E-state index < -0.39 is 5.92 Å². The van der Waals surface area contributed by atoms with E-state index in [4.69, 9.17) is 0 Å². The maximum Gasteiger partial charge on any atom is 0.266 e. The van der Waals surface area contributed by atoms with Gasteiger partial charge in [-0.15, -0.1) is 0 Å². The predicted octanol–water partition coefficient (Wildman–Crippen LogP) is 3.47. The smallest absolute Gasteiger partial charge is 0.266 e. The van der Waals surface area contributed by atoms with Crippen LogP contribution in [0.1, 0.15) is 42.6 Å². The molecule has 0 spiro atoms. The summed E-state index contributed by atoms with van der Waals surface area (Å²) < 4.78 is 0. The van der Waals surface area contributed by atoms with Gasteiger partial charge in [0.2, 0.25) is 5.91 Å². The maximum atomic E-state index is 13.1. The van der Waals surface area contributed by atoms with Gasteiger partial charge in [0, 0.05) is 24.0 Å². The van der Waals surface area contributed by atoms with E-state index in [2.05, 4.69) is 23.8 Å². The van der Waals surface area contributed by atoms with Crippen LogP contribution < -0.4 is 4.90 Å². The number of anilines is 1. The van der Waals surface area contributed by atoms with Crippen molar-refractivity contribution in [2.24, 2.45) is 10.9 Å². The second-order valence-corrected chi connectivity index (χ2v) is 6.51. The lowest BCUT2D eigenvalue weighted by molar-refractivity contribution is -0.118. The molecule has 128 valence electrons. The summed E-state index contributed by atoms with van der Waals surface area (Å²) in [6.45, 7) is 6.19. The van der Waals surface area contributed by atoms with Crippen molar-refractivity contribution in [3.8, 4) is 0 Å². The summed E-state index contributed by atoms with van der Waals surface area (Å²) in [6, 6.07) is 12.5. The molecule has 25 heavy (non-hydrogen) atoms. The molecule has 1 aromatic carbocycles. The fourth-order valence-corrected chi connectivity index (χ4v) is 2.70. The molecule has 2 aromatic rings. The fraction of sp³-hybridized carbons (Fsp3) is 0.300. The first-order chi connectivity index (χ1) is 12.0. The predicted molar refractivity (Wildman–Crippen MR) is 98.0 cm³/mol. The molecule has 0 aliphatic carbocycles. The lowest BCUT2D eigenvalue weighted by Crippen LogP contribution is -2.46. The van der Waals surface area contributed by atoms with E-state index in [1.165, 1.54) is 0 Å². The molecule has 1 unspecified atom stereocenters. The van der Waals surface area contributed by atoms with Crippen LogP contribution in [-0.2, 0) is 4.79 Å². The number of fused-ring (bicyclic) bond motifs is 1. The van der Waals surface area contributed by atoms with Crippen LogP contribution >= 0.6 is 0 Å². The average molecular weight is 335 g/mol. The number of imide groups is 1. The lowest BCUT2D eigenvalue weighted by Gasteiger charge is -2.30. The molecule has 2 atom stereocenters. The SMILES string of the molecule is CC(C)[C@H](C)N=CC1C(=O)N(c2ccccn2)C(=O)c2ccccc21. The summed E-state index contributed by atoms with van der Waals surface area (Å²) in [5.74, 6) is -0.541. The Hall–Kier alpha value is -2.82. The summed E-state index contributed by atoms with van der Waals surface area (Å²) in [6.07, 6.45) is 3.24. The molecule has 0 saturated carbocycles. The largest absolute Gasteiger partial charge is 0.293 e. The second kappa shape index (κ2) is 6.97. The third kappa shape index (κ3) is 3.22. The van der Waals surface area contributed by atoms with E-state index in [1.54, 1.807) is 42.7 Å². The highest BCUT2D eigenvalue weighted by molar-refractivity contribution is 6.28. The average Bonchev–Trinajstić information content (AvgIpc) is 2.62. The summed E-state index contributed by atoms with van der Waals surface area (Å²) in [5.41, 5.74) is 1.21. The van der Waals surface area contributed by atoms with Crippen molar-refractivity contribution < 1.29 is 9.59 Å². The molecule has 5 nitrogen and oxygen atoms in total. The number of aromatic nitrogens is 1. The monoisotopic (exact) mass is 335 g/mol. The molecular weight excluding hydrogens is 314 g/mol. The van der Waals surface area contributed by atoms with Crippen LogP contribution in [-0.4, -0.2) is 29.1 Å². The van der Waals surface area contributed by atoms with Gasteiger partial charge in [-0.25, -0.2) is 9.88 Å². The topological polar surface area (TPSA) is 62.6 Å². The number of nitrogens with zero attached hydrogens (tertiary/aromatic N) is 3. The fourth-order valence-electron chi connectivity index (χ4n) is 2.70. The minimum Gasteiger partial charge on any atom is -0.293 e. The molecule has 0 bridgehead atoms. The van der Waals surface area contributed by atoms with Crippen LogP contribution in [0.4, 0.5) is 5.82 Å². The third-order valence-corrected chi connectivity index (χ3v) is 4.53. The van der Waals surface area contributed by atoms with Crippen molar-refractivity contribution in [1.29, 1.82) is 0 Å². The van der Waals surface area contributed by atoms with Gasteiger partial charge in [0.05, 0.1) is 5.92 Å². The van der Waals surface area contributed by atoms with E-state index in [1.807, 2.05) is 19.1 Å². The molecule has 1 aliphatic rings. The van der Waals surface area contributed by atoms with E-state index in [9.17, 15) is 9.59 Å². The van der Waals surface area contributed by atoms with Crippen molar-refractivity contribution in [2.75, 3.05) is 4.90 Å². The Balaban J connectivity index is 2.06. The van der Waals surface area contributed by atoms with Gasteiger partial charge in [-0.3, -0.25) is 14.6 Å². The minimum atomic E-state index is -0.586. The van der Waals surface area contributed by atoms with Gasteiger partial charge in [0.25, 0.3) is 5.91 Å². The molecule has 0 radical (unpaired) electrons. The Labute approximate surface area is 147 Å². The summed E-state index contributed by atoms with van der Waals surface area (Å²) >= 11 is 0. The van der Waals surface area contributed by atoms with E-state index in [0.717, 1.165) is 4.90 Å². The van der Waals surface area contributed by atoms with Crippen LogP contribution in [0.5, 0.6) is 0 Å². The second-order valence-electron chi connectivity index (χ2n) is 6.51. The Kier molecular flexibility index (Phi) is 4.74. The van der Waals surface area contributed by atoms with Crippen molar-refractivity contribution in [3.63, 3.8) is 0 Å². The molecular formula is C20H21N3O2. The summed E-state index contributed by atoms with van der Waals surface area (Å²) in [7, 11) is 0. The van der Waals surface area contributed by atoms with Crippen molar-refractivity contribution in [3.05, 3.63) is 59.8 Å². The Morgan fingerprint density at radius 3 is 2.48 bits per heavy atom. The number of pyridine rings is 1. The highest BCUT2D eigenvalue weighted by atomic mass is 16.2. The van der Waals surface area contributed by atoms with Crippen molar-refractivity contribution in [2.45, 2.75) is 32.7 Å². The van der Waals surface area contributed by atoms with Gasteiger partial charge in [-0.2, -0.15) is 0 Å². The summed E-state index contributed by atoms with van der Waals surface area (Å²) in [5, 5.41) is 0. The molecule has 5 heteroatoms. The molecule has 1 aliphatic heterocycles. The number of rotatable bonds is 4. The Morgan fingerprint density at radius 1 is 1.08 bits per heavy atom. The molecule has 2 amide bonds. The number of carbonyl (C=O) groups excluding carboxylic acids is 2. The number of amides is 2. The molecule has 0 saturated heterocycles. The van der Waals surface area contributed by atoms with Crippen molar-refractivity contribution >= 4 is 23.8 Å². The van der Waals surface area contributed by atoms with E-state index >= 15 is 0 Å². The van der Waals surface area contributed by atoms with Crippen LogP contribution in [0.25, 0.3) is 0 Å². The minimum absolute atomic E-state index is 0.0980. The lowest BCUT2D eigenvalue weighted by atomic mass is 9.89. The van der Waals surface area contributed by atoms with Crippen LogP contribution in [0.2, 0.25) is 0 Å². The zero-order chi connectivity index (χ0) is 18.0. The first-order valence-electron chi connectivity index (χ1n) is 8.42. The highest BCUT2D eigenvalue weighted by Crippen LogP contribution is 2.31. The van der Waals surface area contributed by atoms with Crippen LogP contribution in [0, 0.1) is 5.92 Å². The molecule has 2 heterocycles. The third-order valence-electron chi connectivity index (χ3n) is 4.53.